The molecule has 3 heterocycles. The number of imidazole rings is 1. The number of carbonyl (C=O) groups excluding carboxylic acids is 1. The summed E-state index contributed by atoms with van der Waals surface area (Å²) in [6, 6.07) is 7.39. The predicted octanol–water partition coefficient (Wildman–Crippen LogP) is 2.35. The Morgan fingerprint density at radius 3 is 2.62 bits per heavy atom. The Morgan fingerprint density at radius 1 is 1.15 bits per heavy atom. The minimum atomic E-state index is 0.631. The molecule has 8 nitrogen and oxygen atoms in total. The second-order valence-electron chi connectivity index (χ2n) is 5.90. The average molecular weight is 347 g/mol. The molecule has 0 bridgehead atoms. The van der Waals surface area contributed by atoms with Crippen LogP contribution in [0.3, 0.4) is 0 Å². The van der Waals surface area contributed by atoms with E-state index in [0.29, 0.717) is 11.4 Å². The fraction of sp³-hybridized carbons (Fsp3) is 0.167. The Hall–Kier alpha value is -3.55. The first-order chi connectivity index (χ1) is 12.6. The van der Waals surface area contributed by atoms with E-state index in [1.807, 2.05) is 33.2 Å². The maximum Gasteiger partial charge on any atom is 0.156 e. The molecule has 3 aromatic heterocycles. The van der Waals surface area contributed by atoms with Crippen molar-refractivity contribution < 1.29 is 4.79 Å². The Labute approximate surface area is 149 Å². The van der Waals surface area contributed by atoms with Crippen LogP contribution in [0, 0.1) is 6.92 Å². The number of aromatic nitrogens is 6. The van der Waals surface area contributed by atoms with E-state index >= 15 is 0 Å². The zero-order valence-electron chi connectivity index (χ0n) is 14.6. The third-order valence-corrected chi connectivity index (χ3v) is 4.35. The van der Waals surface area contributed by atoms with Crippen molar-refractivity contribution in [3.63, 3.8) is 0 Å². The van der Waals surface area contributed by atoms with Crippen molar-refractivity contribution in [1.82, 2.24) is 29.4 Å². The minimum Gasteiger partial charge on any atom is -0.371 e. The topological polar surface area (TPSA) is 90.0 Å². The summed E-state index contributed by atoms with van der Waals surface area (Å²) in [5.74, 6) is 1.46. The first-order valence-corrected chi connectivity index (χ1v) is 8.10. The molecule has 0 atom stereocenters. The number of hydrogen-bond acceptors (Lipinski definition) is 6. The third kappa shape index (κ3) is 2.34. The molecule has 1 aromatic carbocycles. The molecule has 0 saturated heterocycles. The number of aldehydes is 1. The predicted molar refractivity (Wildman–Crippen MR) is 98.1 cm³/mol. The van der Waals surface area contributed by atoms with E-state index in [1.165, 1.54) is 6.33 Å². The maximum absolute atomic E-state index is 10.9. The van der Waals surface area contributed by atoms with E-state index in [9.17, 15) is 4.79 Å². The molecule has 26 heavy (non-hydrogen) atoms. The van der Waals surface area contributed by atoms with Gasteiger partial charge in [-0.05, 0) is 6.92 Å². The highest BCUT2D eigenvalue weighted by molar-refractivity contribution is 5.92. The lowest BCUT2D eigenvalue weighted by Gasteiger charge is -2.07. The van der Waals surface area contributed by atoms with Gasteiger partial charge in [-0.1, -0.05) is 24.3 Å². The number of anilines is 1. The quantitative estimate of drug-likeness (QED) is 0.570. The monoisotopic (exact) mass is 347 g/mol. The van der Waals surface area contributed by atoms with E-state index in [4.69, 9.17) is 4.98 Å². The van der Waals surface area contributed by atoms with Crippen LogP contribution in [0.1, 0.15) is 16.2 Å². The summed E-state index contributed by atoms with van der Waals surface area (Å²) in [6.45, 7) is 1.90. The van der Waals surface area contributed by atoms with Gasteiger partial charge in [0.25, 0.3) is 0 Å². The standard InChI is InChI=1S/C18H17N7O/c1-11-23-15(17-18(19-2)20-10-22-25(11)17)14-8-21-24(3)16(14)13-6-4-12(9-26)5-7-13/h4-10H,1-3H3,(H,19,20,22). The molecule has 8 heteroatoms. The van der Waals surface area contributed by atoms with Gasteiger partial charge in [0, 0.05) is 30.8 Å². The Balaban J connectivity index is 1.98. The van der Waals surface area contributed by atoms with E-state index in [2.05, 4.69) is 20.5 Å². The van der Waals surface area contributed by atoms with Gasteiger partial charge >= 0.3 is 0 Å². The highest BCUT2D eigenvalue weighted by Crippen LogP contribution is 2.35. The van der Waals surface area contributed by atoms with Crippen LogP contribution in [0.2, 0.25) is 0 Å². The number of carbonyl (C=O) groups is 1. The molecule has 0 amide bonds. The molecular weight excluding hydrogens is 330 g/mol. The molecule has 0 fully saturated rings. The molecule has 0 radical (unpaired) electrons. The fourth-order valence-electron chi connectivity index (χ4n) is 3.12. The molecule has 130 valence electrons. The van der Waals surface area contributed by atoms with Crippen LogP contribution in [0.5, 0.6) is 0 Å². The molecule has 0 spiro atoms. The van der Waals surface area contributed by atoms with E-state index in [-0.39, 0.29) is 0 Å². The highest BCUT2D eigenvalue weighted by Gasteiger charge is 2.21. The minimum absolute atomic E-state index is 0.631. The molecule has 0 aliphatic heterocycles. The lowest BCUT2D eigenvalue weighted by molar-refractivity contribution is 0.112. The van der Waals surface area contributed by atoms with Gasteiger partial charge in [0.2, 0.25) is 0 Å². The lowest BCUT2D eigenvalue weighted by Crippen LogP contribution is -2.01. The zero-order valence-corrected chi connectivity index (χ0v) is 14.6. The Morgan fingerprint density at radius 2 is 1.92 bits per heavy atom. The van der Waals surface area contributed by atoms with Crippen molar-refractivity contribution in [3.05, 3.63) is 48.2 Å². The lowest BCUT2D eigenvalue weighted by atomic mass is 10.0. The number of hydrogen-bond donors (Lipinski definition) is 1. The summed E-state index contributed by atoms with van der Waals surface area (Å²) < 4.78 is 3.56. The van der Waals surface area contributed by atoms with Gasteiger partial charge in [-0.3, -0.25) is 9.48 Å². The number of fused-ring (bicyclic) bond motifs is 1. The number of nitrogens with one attached hydrogen (secondary N) is 1. The maximum atomic E-state index is 10.9. The van der Waals surface area contributed by atoms with Crippen molar-refractivity contribution >= 4 is 17.6 Å². The highest BCUT2D eigenvalue weighted by atomic mass is 16.1. The number of rotatable bonds is 4. The molecular formula is C18H17N7O. The average Bonchev–Trinajstić information content (AvgIpc) is 3.22. The van der Waals surface area contributed by atoms with Crippen LogP contribution < -0.4 is 5.32 Å². The van der Waals surface area contributed by atoms with Crippen LogP contribution in [0.15, 0.2) is 36.8 Å². The van der Waals surface area contributed by atoms with Gasteiger partial charge in [0.1, 0.15) is 29.6 Å². The Kier molecular flexibility index (Phi) is 3.72. The van der Waals surface area contributed by atoms with Crippen molar-refractivity contribution in [2.75, 3.05) is 12.4 Å². The third-order valence-electron chi connectivity index (χ3n) is 4.35. The van der Waals surface area contributed by atoms with Crippen LogP contribution in [-0.4, -0.2) is 42.7 Å². The van der Waals surface area contributed by atoms with E-state index in [0.717, 1.165) is 40.1 Å². The molecule has 0 aliphatic carbocycles. The van der Waals surface area contributed by atoms with Gasteiger partial charge in [-0.25, -0.2) is 14.5 Å². The van der Waals surface area contributed by atoms with Crippen LogP contribution >= 0.6 is 0 Å². The zero-order chi connectivity index (χ0) is 18.3. The number of nitrogens with zero attached hydrogens (tertiary/aromatic N) is 6. The van der Waals surface area contributed by atoms with Crippen molar-refractivity contribution in [1.29, 1.82) is 0 Å². The molecule has 4 rings (SSSR count). The van der Waals surface area contributed by atoms with Crippen LogP contribution in [0.4, 0.5) is 5.82 Å². The van der Waals surface area contributed by atoms with Gasteiger partial charge in [0.05, 0.1) is 11.9 Å². The normalized spacial score (nSPS) is 11.0. The van der Waals surface area contributed by atoms with Crippen molar-refractivity contribution in [2.45, 2.75) is 6.92 Å². The van der Waals surface area contributed by atoms with Crippen molar-refractivity contribution in [2.24, 2.45) is 7.05 Å². The van der Waals surface area contributed by atoms with Gasteiger partial charge in [-0.2, -0.15) is 10.2 Å². The molecule has 4 aromatic rings. The smallest absolute Gasteiger partial charge is 0.156 e. The van der Waals surface area contributed by atoms with E-state index in [1.54, 1.807) is 27.5 Å². The molecule has 0 aliphatic rings. The summed E-state index contributed by atoms with van der Waals surface area (Å²) in [5, 5.41) is 11.8. The largest absolute Gasteiger partial charge is 0.371 e. The molecule has 0 unspecified atom stereocenters. The number of aryl methyl sites for hydroxylation is 2. The second kappa shape index (κ2) is 6.07. The summed E-state index contributed by atoms with van der Waals surface area (Å²) >= 11 is 0. The summed E-state index contributed by atoms with van der Waals surface area (Å²) in [7, 11) is 3.70. The molecule has 0 saturated carbocycles. The summed E-state index contributed by atoms with van der Waals surface area (Å²) in [4.78, 5) is 19.9. The number of benzene rings is 1. The van der Waals surface area contributed by atoms with Crippen LogP contribution in [0.25, 0.3) is 28.0 Å². The van der Waals surface area contributed by atoms with E-state index < -0.39 is 0 Å². The van der Waals surface area contributed by atoms with Gasteiger partial charge in [-0.15, -0.1) is 0 Å². The summed E-state index contributed by atoms with van der Waals surface area (Å²) in [6.07, 6.45) is 4.12. The Bertz CT molecular complexity index is 1110. The summed E-state index contributed by atoms with van der Waals surface area (Å²) in [5.41, 5.74) is 4.93. The van der Waals surface area contributed by atoms with Gasteiger partial charge < -0.3 is 5.32 Å². The van der Waals surface area contributed by atoms with Crippen LogP contribution in [-0.2, 0) is 7.05 Å². The van der Waals surface area contributed by atoms with Crippen molar-refractivity contribution in [3.8, 4) is 22.5 Å². The first-order valence-electron chi connectivity index (χ1n) is 8.10. The SMILES string of the molecule is CNc1ncnn2c(C)nc(-c3cnn(C)c3-c3ccc(C=O)cc3)c12. The molecule has 1 N–H and O–H groups in total. The second-order valence-corrected chi connectivity index (χ2v) is 5.90. The fourth-order valence-corrected chi connectivity index (χ4v) is 3.12. The van der Waals surface area contributed by atoms with Gasteiger partial charge in [0.15, 0.2) is 5.82 Å². The first kappa shape index (κ1) is 15.9.